The molecule has 2 heterocycles. The van der Waals surface area contributed by atoms with E-state index >= 15 is 0 Å². The van der Waals surface area contributed by atoms with Crippen LogP contribution < -0.4 is 10.6 Å². The molecule has 0 bridgehead atoms. The van der Waals surface area contributed by atoms with Gasteiger partial charge in [-0.2, -0.15) is 0 Å². The van der Waals surface area contributed by atoms with Gasteiger partial charge in [0.1, 0.15) is 0 Å². The number of aromatic nitrogens is 1. The van der Waals surface area contributed by atoms with Crippen LogP contribution >= 0.6 is 0 Å². The fourth-order valence-electron chi connectivity index (χ4n) is 2.56. The predicted molar refractivity (Wildman–Crippen MR) is 68.5 cm³/mol. The summed E-state index contributed by atoms with van der Waals surface area (Å²) >= 11 is 0. The molecule has 0 unspecified atom stereocenters. The third-order valence-electron chi connectivity index (χ3n) is 3.48. The van der Waals surface area contributed by atoms with E-state index in [9.17, 15) is 0 Å². The van der Waals surface area contributed by atoms with Gasteiger partial charge in [-0.25, -0.2) is 0 Å². The Balaban J connectivity index is 1.96. The van der Waals surface area contributed by atoms with Crippen molar-refractivity contribution in [3.8, 4) is 0 Å². The fraction of sp³-hybridized carbons (Fsp3) is 0.615. The van der Waals surface area contributed by atoms with E-state index in [4.69, 9.17) is 5.73 Å². The van der Waals surface area contributed by atoms with Crippen molar-refractivity contribution in [2.75, 3.05) is 23.7 Å². The predicted octanol–water partition coefficient (Wildman–Crippen LogP) is 2.68. The maximum absolute atomic E-state index is 5.94. The van der Waals surface area contributed by atoms with E-state index in [1.54, 1.807) is 6.20 Å². The Morgan fingerprint density at radius 3 is 2.81 bits per heavy atom. The maximum Gasteiger partial charge on any atom is 0.0738 e. The van der Waals surface area contributed by atoms with Crippen molar-refractivity contribution < 1.29 is 0 Å². The van der Waals surface area contributed by atoms with Gasteiger partial charge in [0.05, 0.1) is 17.6 Å². The first-order valence-electron chi connectivity index (χ1n) is 6.25. The Bertz CT molecular complexity index is 330. The molecule has 88 valence electrons. The topological polar surface area (TPSA) is 42.2 Å². The zero-order chi connectivity index (χ0) is 11.4. The Morgan fingerprint density at radius 1 is 1.44 bits per heavy atom. The summed E-state index contributed by atoms with van der Waals surface area (Å²) in [6.45, 7) is 4.55. The molecule has 3 nitrogen and oxygen atoms in total. The molecule has 0 saturated carbocycles. The van der Waals surface area contributed by atoms with Crippen LogP contribution in [0.2, 0.25) is 0 Å². The molecule has 0 radical (unpaired) electrons. The average molecular weight is 219 g/mol. The molecule has 1 aliphatic heterocycles. The van der Waals surface area contributed by atoms with Crippen LogP contribution in [0.1, 0.15) is 32.6 Å². The number of rotatable bonds is 3. The SMILES string of the molecule is CCCC1CCN(c2ccncc2N)CC1. The highest BCUT2D eigenvalue weighted by Crippen LogP contribution is 2.28. The van der Waals surface area contributed by atoms with Crippen LogP contribution in [-0.2, 0) is 0 Å². The van der Waals surface area contributed by atoms with E-state index in [-0.39, 0.29) is 0 Å². The summed E-state index contributed by atoms with van der Waals surface area (Å²) in [6, 6.07) is 2.02. The van der Waals surface area contributed by atoms with E-state index in [0.717, 1.165) is 30.4 Å². The van der Waals surface area contributed by atoms with Gasteiger partial charge in [0, 0.05) is 19.3 Å². The molecule has 16 heavy (non-hydrogen) atoms. The number of anilines is 2. The lowest BCUT2D eigenvalue weighted by Crippen LogP contribution is -2.34. The van der Waals surface area contributed by atoms with Crippen LogP contribution in [0.5, 0.6) is 0 Å². The molecule has 2 rings (SSSR count). The summed E-state index contributed by atoms with van der Waals surface area (Å²) in [6.07, 6.45) is 8.85. The van der Waals surface area contributed by atoms with Crippen LogP contribution in [0.4, 0.5) is 11.4 Å². The van der Waals surface area contributed by atoms with E-state index < -0.39 is 0 Å². The van der Waals surface area contributed by atoms with Crippen LogP contribution in [-0.4, -0.2) is 18.1 Å². The van der Waals surface area contributed by atoms with Crippen molar-refractivity contribution in [1.82, 2.24) is 4.98 Å². The zero-order valence-corrected chi connectivity index (χ0v) is 10.0. The normalized spacial score (nSPS) is 17.7. The Hall–Kier alpha value is -1.25. The van der Waals surface area contributed by atoms with Crippen molar-refractivity contribution in [3.63, 3.8) is 0 Å². The highest BCUT2D eigenvalue weighted by molar-refractivity contribution is 5.66. The quantitative estimate of drug-likeness (QED) is 0.850. The first-order valence-corrected chi connectivity index (χ1v) is 6.25. The molecular weight excluding hydrogens is 198 g/mol. The number of piperidine rings is 1. The van der Waals surface area contributed by atoms with Crippen LogP contribution in [0.25, 0.3) is 0 Å². The summed E-state index contributed by atoms with van der Waals surface area (Å²) in [4.78, 5) is 6.42. The minimum absolute atomic E-state index is 0.802. The Morgan fingerprint density at radius 2 is 2.19 bits per heavy atom. The number of nitrogens with two attached hydrogens (primary N) is 1. The molecular formula is C13H21N3. The Labute approximate surface area is 97.7 Å². The number of nitrogens with zero attached hydrogens (tertiary/aromatic N) is 2. The molecule has 1 fully saturated rings. The lowest BCUT2D eigenvalue weighted by molar-refractivity contribution is 0.378. The minimum atomic E-state index is 0.802. The summed E-state index contributed by atoms with van der Waals surface area (Å²) < 4.78 is 0. The number of nitrogen functional groups attached to an aromatic ring is 1. The number of hydrogen-bond acceptors (Lipinski definition) is 3. The van der Waals surface area contributed by atoms with E-state index in [0.29, 0.717) is 0 Å². The van der Waals surface area contributed by atoms with Crippen LogP contribution in [0, 0.1) is 5.92 Å². The molecule has 1 saturated heterocycles. The van der Waals surface area contributed by atoms with E-state index in [1.165, 1.54) is 25.7 Å². The van der Waals surface area contributed by atoms with Gasteiger partial charge >= 0.3 is 0 Å². The van der Waals surface area contributed by atoms with Gasteiger partial charge in [-0.1, -0.05) is 19.8 Å². The first kappa shape index (κ1) is 11.2. The summed E-state index contributed by atoms with van der Waals surface area (Å²) in [5.41, 5.74) is 7.90. The van der Waals surface area contributed by atoms with Gasteiger partial charge in [-0.3, -0.25) is 4.98 Å². The molecule has 1 aromatic heterocycles. The molecule has 0 aliphatic carbocycles. The second-order valence-electron chi connectivity index (χ2n) is 4.65. The molecule has 0 amide bonds. The number of hydrogen-bond donors (Lipinski definition) is 1. The highest BCUT2D eigenvalue weighted by atomic mass is 15.1. The lowest BCUT2D eigenvalue weighted by Gasteiger charge is -2.34. The minimum Gasteiger partial charge on any atom is -0.396 e. The van der Waals surface area contributed by atoms with Gasteiger partial charge < -0.3 is 10.6 Å². The highest BCUT2D eigenvalue weighted by Gasteiger charge is 2.19. The average Bonchev–Trinajstić information content (AvgIpc) is 2.31. The molecule has 0 spiro atoms. The summed E-state index contributed by atoms with van der Waals surface area (Å²) in [7, 11) is 0. The van der Waals surface area contributed by atoms with E-state index in [2.05, 4.69) is 16.8 Å². The van der Waals surface area contributed by atoms with Crippen molar-refractivity contribution in [2.45, 2.75) is 32.6 Å². The van der Waals surface area contributed by atoms with Gasteiger partial charge in [-0.05, 0) is 24.8 Å². The third kappa shape index (κ3) is 2.46. The standard InChI is InChI=1S/C13H21N3/c1-2-3-11-5-8-16(9-6-11)13-4-7-15-10-12(13)14/h4,7,10-11H,2-3,5-6,8-9,14H2,1H3. The van der Waals surface area contributed by atoms with Gasteiger partial charge in [0.25, 0.3) is 0 Å². The van der Waals surface area contributed by atoms with Crippen molar-refractivity contribution in [3.05, 3.63) is 18.5 Å². The van der Waals surface area contributed by atoms with Crippen molar-refractivity contribution >= 4 is 11.4 Å². The smallest absolute Gasteiger partial charge is 0.0738 e. The fourth-order valence-corrected chi connectivity index (χ4v) is 2.56. The van der Waals surface area contributed by atoms with E-state index in [1.807, 2.05) is 12.3 Å². The van der Waals surface area contributed by atoms with Gasteiger partial charge in [-0.15, -0.1) is 0 Å². The lowest BCUT2D eigenvalue weighted by atomic mass is 9.92. The summed E-state index contributed by atoms with van der Waals surface area (Å²) in [5, 5.41) is 0. The van der Waals surface area contributed by atoms with Crippen LogP contribution in [0.3, 0.4) is 0 Å². The maximum atomic E-state index is 5.94. The molecule has 0 atom stereocenters. The largest absolute Gasteiger partial charge is 0.396 e. The Kier molecular flexibility index (Phi) is 3.65. The van der Waals surface area contributed by atoms with Crippen LogP contribution in [0.15, 0.2) is 18.5 Å². The third-order valence-corrected chi connectivity index (χ3v) is 3.48. The van der Waals surface area contributed by atoms with Gasteiger partial charge in [0.2, 0.25) is 0 Å². The zero-order valence-electron chi connectivity index (χ0n) is 10.0. The molecule has 0 aromatic carbocycles. The molecule has 1 aromatic rings. The molecule has 2 N–H and O–H groups in total. The number of pyridine rings is 1. The van der Waals surface area contributed by atoms with Crippen molar-refractivity contribution in [2.24, 2.45) is 5.92 Å². The van der Waals surface area contributed by atoms with Crippen molar-refractivity contribution in [1.29, 1.82) is 0 Å². The second-order valence-corrected chi connectivity index (χ2v) is 4.65. The molecule has 3 heteroatoms. The van der Waals surface area contributed by atoms with Gasteiger partial charge in [0.15, 0.2) is 0 Å². The summed E-state index contributed by atoms with van der Waals surface area (Å²) in [5.74, 6) is 0.921. The monoisotopic (exact) mass is 219 g/mol. The molecule has 1 aliphatic rings. The first-order chi connectivity index (χ1) is 7.81. The second kappa shape index (κ2) is 5.19.